The average Bonchev–Trinajstić information content (AvgIpc) is 2.68. The number of ether oxygens (including phenoxy) is 2. The summed E-state index contributed by atoms with van der Waals surface area (Å²) >= 11 is 0. The number of hydrogen-bond donors (Lipinski definition) is 2. The standard InChI is InChI=1S/C23H26N2O4/c1-23(2,3)29-22(27)24-14-9-15-28-20-17-12-7-8-13-18(17)21(26)25-19(20)16-10-5-4-6-11-16/h4-8,10-13H,9,14-15H2,1-3H3,(H,24,27)(H,25,26). The van der Waals surface area contributed by atoms with E-state index in [1.165, 1.54) is 0 Å². The van der Waals surface area contributed by atoms with Crippen molar-refractivity contribution < 1.29 is 14.3 Å². The maximum Gasteiger partial charge on any atom is 0.407 e. The number of pyridine rings is 1. The molecule has 2 N–H and O–H groups in total. The normalized spacial score (nSPS) is 11.3. The number of carbonyl (C=O) groups is 1. The Bertz CT molecular complexity index is 1040. The van der Waals surface area contributed by atoms with Gasteiger partial charge in [0.15, 0.2) is 5.75 Å². The molecule has 1 amide bonds. The van der Waals surface area contributed by atoms with E-state index in [0.717, 1.165) is 10.9 Å². The molecule has 0 radical (unpaired) electrons. The first kappa shape index (κ1) is 20.5. The first-order valence-electron chi connectivity index (χ1n) is 9.65. The highest BCUT2D eigenvalue weighted by atomic mass is 16.6. The lowest BCUT2D eigenvalue weighted by Crippen LogP contribution is -2.33. The Morgan fingerprint density at radius 3 is 2.34 bits per heavy atom. The fraction of sp³-hybridized carbons (Fsp3) is 0.304. The largest absolute Gasteiger partial charge is 0.491 e. The fourth-order valence-corrected chi connectivity index (χ4v) is 2.96. The summed E-state index contributed by atoms with van der Waals surface area (Å²) < 4.78 is 11.3. The van der Waals surface area contributed by atoms with Gasteiger partial charge >= 0.3 is 6.09 Å². The van der Waals surface area contributed by atoms with Crippen LogP contribution in [0.2, 0.25) is 0 Å². The van der Waals surface area contributed by atoms with E-state index in [2.05, 4.69) is 10.3 Å². The van der Waals surface area contributed by atoms with Crippen molar-refractivity contribution in [3.63, 3.8) is 0 Å². The molecule has 6 heteroatoms. The first-order valence-corrected chi connectivity index (χ1v) is 9.65. The predicted molar refractivity (Wildman–Crippen MR) is 114 cm³/mol. The molecule has 3 rings (SSSR count). The van der Waals surface area contributed by atoms with Gasteiger partial charge in [-0.05, 0) is 33.3 Å². The molecule has 0 spiro atoms. The quantitative estimate of drug-likeness (QED) is 0.604. The number of nitrogens with one attached hydrogen (secondary N) is 2. The maximum absolute atomic E-state index is 12.5. The summed E-state index contributed by atoms with van der Waals surface area (Å²) in [5.41, 5.74) is 0.838. The zero-order valence-electron chi connectivity index (χ0n) is 17.0. The lowest BCUT2D eigenvalue weighted by atomic mass is 10.1. The van der Waals surface area contributed by atoms with Crippen molar-refractivity contribution in [3.8, 4) is 17.0 Å². The molecule has 152 valence electrons. The second kappa shape index (κ2) is 8.82. The fourth-order valence-electron chi connectivity index (χ4n) is 2.96. The van der Waals surface area contributed by atoms with Crippen LogP contribution in [0, 0.1) is 0 Å². The van der Waals surface area contributed by atoms with E-state index < -0.39 is 11.7 Å². The molecular formula is C23H26N2O4. The molecular weight excluding hydrogens is 368 g/mol. The third kappa shape index (κ3) is 5.38. The molecule has 0 saturated carbocycles. The summed E-state index contributed by atoms with van der Waals surface area (Å²) in [5, 5.41) is 4.06. The third-order valence-corrected chi connectivity index (χ3v) is 4.18. The number of rotatable bonds is 6. The molecule has 29 heavy (non-hydrogen) atoms. The minimum absolute atomic E-state index is 0.154. The Balaban J connectivity index is 1.75. The highest BCUT2D eigenvalue weighted by Crippen LogP contribution is 2.33. The zero-order valence-corrected chi connectivity index (χ0v) is 17.0. The summed E-state index contributed by atoms with van der Waals surface area (Å²) in [6, 6.07) is 17.0. The molecule has 0 unspecified atom stereocenters. The molecule has 0 aliphatic carbocycles. The summed E-state index contributed by atoms with van der Waals surface area (Å²) in [4.78, 5) is 27.2. The molecule has 0 atom stereocenters. The van der Waals surface area contributed by atoms with Crippen molar-refractivity contribution in [1.82, 2.24) is 10.3 Å². The van der Waals surface area contributed by atoms with Gasteiger partial charge in [0.05, 0.1) is 17.7 Å². The van der Waals surface area contributed by atoms with Gasteiger partial charge in [0.1, 0.15) is 5.60 Å². The molecule has 0 bridgehead atoms. The highest BCUT2D eigenvalue weighted by Gasteiger charge is 2.16. The van der Waals surface area contributed by atoms with Crippen LogP contribution in [0.3, 0.4) is 0 Å². The number of H-pyrrole nitrogens is 1. The molecule has 0 saturated heterocycles. The van der Waals surface area contributed by atoms with Crippen molar-refractivity contribution >= 4 is 16.9 Å². The van der Waals surface area contributed by atoms with E-state index in [1.807, 2.05) is 69.3 Å². The van der Waals surface area contributed by atoms with E-state index in [1.54, 1.807) is 6.07 Å². The lowest BCUT2D eigenvalue weighted by molar-refractivity contribution is 0.0525. The molecule has 6 nitrogen and oxygen atoms in total. The van der Waals surface area contributed by atoms with Crippen LogP contribution in [0.15, 0.2) is 59.4 Å². The molecule has 1 aromatic heterocycles. The Morgan fingerprint density at radius 2 is 1.66 bits per heavy atom. The van der Waals surface area contributed by atoms with Crippen LogP contribution in [0.1, 0.15) is 27.2 Å². The van der Waals surface area contributed by atoms with Gasteiger partial charge in [-0.15, -0.1) is 0 Å². The number of alkyl carbamates (subject to hydrolysis) is 1. The van der Waals surface area contributed by atoms with Crippen LogP contribution in [-0.4, -0.2) is 29.8 Å². The van der Waals surface area contributed by atoms with E-state index in [-0.39, 0.29) is 5.56 Å². The minimum Gasteiger partial charge on any atom is -0.491 e. The number of hydrogen-bond acceptors (Lipinski definition) is 4. The van der Waals surface area contributed by atoms with Crippen molar-refractivity contribution in [3.05, 3.63) is 65.0 Å². The van der Waals surface area contributed by atoms with Gasteiger partial charge in [-0.1, -0.05) is 48.5 Å². The van der Waals surface area contributed by atoms with E-state index in [9.17, 15) is 9.59 Å². The van der Waals surface area contributed by atoms with E-state index >= 15 is 0 Å². The molecule has 2 aromatic carbocycles. The monoisotopic (exact) mass is 394 g/mol. The van der Waals surface area contributed by atoms with Gasteiger partial charge in [0.25, 0.3) is 5.56 Å². The Kier molecular flexibility index (Phi) is 6.22. The predicted octanol–water partition coefficient (Wildman–Crippen LogP) is 4.49. The van der Waals surface area contributed by atoms with Crippen LogP contribution in [0.25, 0.3) is 22.0 Å². The lowest BCUT2D eigenvalue weighted by Gasteiger charge is -2.19. The first-order chi connectivity index (χ1) is 13.8. The van der Waals surface area contributed by atoms with Crippen LogP contribution >= 0.6 is 0 Å². The van der Waals surface area contributed by atoms with Crippen molar-refractivity contribution in [2.24, 2.45) is 0 Å². The number of aromatic nitrogens is 1. The Labute approximate surface area is 169 Å². The summed E-state index contributed by atoms with van der Waals surface area (Å²) in [5.74, 6) is 0.628. The number of aromatic amines is 1. The number of carbonyl (C=O) groups excluding carboxylic acids is 1. The number of fused-ring (bicyclic) bond motifs is 1. The summed E-state index contributed by atoms with van der Waals surface area (Å²) in [6.45, 7) is 6.27. The highest BCUT2D eigenvalue weighted by molar-refractivity contribution is 5.92. The Morgan fingerprint density at radius 1 is 1.00 bits per heavy atom. The molecule has 0 fully saturated rings. The number of benzene rings is 2. The molecule has 0 aliphatic rings. The second-order valence-corrected chi connectivity index (χ2v) is 7.70. The van der Waals surface area contributed by atoms with E-state index in [4.69, 9.17) is 9.47 Å². The van der Waals surface area contributed by atoms with Crippen molar-refractivity contribution in [1.29, 1.82) is 0 Å². The third-order valence-electron chi connectivity index (χ3n) is 4.18. The Hall–Kier alpha value is -3.28. The van der Waals surface area contributed by atoms with Gasteiger partial charge in [0, 0.05) is 17.5 Å². The topological polar surface area (TPSA) is 80.4 Å². The van der Waals surface area contributed by atoms with Gasteiger partial charge < -0.3 is 19.8 Å². The van der Waals surface area contributed by atoms with E-state index in [0.29, 0.717) is 36.4 Å². The average molecular weight is 394 g/mol. The van der Waals surface area contributed by atoms with Gasteiger partial charge in [-0.25, -0.2) is 4.79 Å². The summed E-state index contributed by atoms with van der Waals surface area (Å²) in [7, 11) is 0. The SMILES string of the molecule is CC(C)(C)OC(=O)NCCCOc1c(-c2ccccc2)[nH]c(=O)c2ccccc12. The second-order valence-electron chi connectivity index (χ2n) is 7.70. The van der Waals surface area contributed by atoms with Crippen molar-refractivity contribution in [2.45, 2.75) is 32.8 Å². The van der Waals surface area contributed by atoms with Gasteiger partial charge in [-0.2, -0.15) is 0 Å². The van der Waals surface area contributed by atoms with Gasteiger partial charge in [-0.3, -0.25) is 4.79 Å². The number of amides is 1. The molecule has 3 aromatic rings. The van der Waals surface area contributed by atoms with Gasteiger partial charge in [0.2, 0.25) is 0 Å². The molecule has 0 aliphatic heterocycles. The maximum atomic E-state index is 12.5. The van der Waals surface area contributed by atoms with Crippen LogP contribution in [-0.2, 0) is 4.74 Å². The minimum atomic E-state index is -0.528. The van der Waals surface area contributed by atoms with Crippen molar-refractivity contribution in [2.75, 3.05) is 13.2 Å². The van der Waals surface area contributed by atoms with Crippen LogP contribution in [0.5, 0.6) is 5.75 Å². The van der Waals surface area contributed by atoms with Crippen LogP contribution in [0.4, 0.5) is 4.79 Å². The smallest absolute Gasteiger partial charge is 0.407 e. The molecule has 1 heterocycles. The van der Waals surface area contributed by atoms with Crippen LogP contribution < -0.4 is 15.6 Å². The summed E-state index contributed by atoms with van der Waals surface area (Å²) in [6.07, 6.45) is 0.151. The zero-order chi connectivity index (χ0) is 20.9.